The third kappa shape index (κ3) is 1.19. The average Bonchev–Trinajstić information content (AvgIpc) is 2.77. The summed E-state index contributed by atoms with van der Waals surface area (Å²) in [5.74, 6) is -1.14. The van der Waals surface area contributed by atoms with Crippen molar-refractivity contribution in [2.45, 2.75) is 18.9 Å². The van der Waals surface area contributed by atoms with Gasteiger partial charge in [-0.15, -0.1) is 0 Å². The predicted octanol–water partition coefficient (Wildman–Crippen LogP) is 0.128. The van der Waals surface area contributed by atoms with Gasteiger partial charge in [-0.3, -0.25) is 9.59 Å². The van der Waals surface area contributed by atoms with Crippen LogP contribution in [0, 0.1) is 11.3 Å². The summed E-state index contributed by atoms with van der Waals surface area (Å²) in [6, 6.07) is 0. The van der Waals surface area contributed by atoms with Gasteiger partial charge < -0.3 is 14.2 Å². The Morgan fingerprint density at radius 3 is 2.87 bits per heavy atom. The van der Waals surface area contributed by atoms with Gasteiger partial charge in [0.1, 0.15) is 0 Å². The van der Waals surface area contributed by atoms with E-state index in [1.54, 1.807) is 7.11 Å². The van der Waals surface area contributed by atoms with Crippen LogP contribution in [0.3, 0.4) is 0 Å². The quantitative estimate of drug-likeness (QED) is 0.483. The third-order valence-electron chi connectivity index (χ3n) is 3.52. The summed E-state index contributed by atoms with van der Waals surface area (Å²) >= 11 is 0. The molecule has 1 saturated heterocycles. The molecule has 2 aliphatic rings. The summed E-state index contributed by atoms with van der Waals surface area (Å²) in [4.78, 5) is 23.4. The van der Waals surface area contributed by atoms with Crippen molar-refractivity contribution < 1.29 is 23.8 Å². The molecule has 1 saturated carbocycles. The van der Waals surface area contributed by atoms with Crippen LogP contribution in [-0.2, 0) is 23.8 Å². The second kappa shape index (κ2) is 3.48. The smallest absolute Gasteiger partial charge is 0.324 e. The minimum atomic E-state index is -1.10. The maximum atomic E-state index is 11.7. The number of methoxy groups -OCH3 is 2. The van der Waals surface area contributed by atoms with Crippen LogP contribution in [0.25, 0.3) is 0 Å². The summed E-state index contributed by atoms with van der Waals surface area (Å²) in [5.41, 5.74) is -1.10. The van der Waals surface area contributed by atoms with Crippen LogP contribution >= 0.6 is 0 Å². The van der Waals surface area contributed by atoms with Crippen molar-refractivity contribution in [3.63, 3.8) is 0 Å². The number of hydrogen-bond donors (Lipinski definition) is 0. The zero-order chi connectivity index (χ0) is 11.1. The Labute approximate surface area is 87.7 Å². The van der Waals surface area contributed by atoms with E-state index in [1.807, 2.05) is 0 Å². The normalized spacial score (nSPS) is 38.7. The standard InChI is InChI=1S/C10H14O5/c1-13-7-3-4-10(8(11)14-2)6(7)5-15-9(10)12/h6-7H,3-5H2,1-2H3/t6-,7-,10-/m0/s1. The molecular weight excluding hydrogens is 200 g/mol. The van der Waals surface area contributed by atoms with E-state index in [9.17, 15) is 9.59 Å². The number of rotatable bonds is 2. The van der Waals surface area contributed by atoms with Crippen molar-refractivity contribution in [2.24, 2.45) is 11.3 Å². The van der Waals surface area contributed by atoms with E-state index in [4.69, 9.17) is 14.2 Å². The summed E-state index contributed by atoms with van der Waals surface area (Å²) in [7, 11) is 2.88. The second-order valence-corrected chi connectivity index (χ2v) is 3.98. The molecule has 5 heteroatoms. The molecule has 0 spiro atoms. The molecule has 0 radical (unpaired) electrons. The summed E-state index contributed by atoms with van der Waals surface area (Å²) in [6.45, 7) is 0.256. The first-order valence-electron chi connectivity index (χ1n) is 4.95. The highest BCUT2D eigenvalue weighted by atomic mass is 16.6. The van der Waals surface area contributed by atoms with E-state index < -0.39 is 17.4 Å². The van der Waals surface area contributed by atoms with E-state index in [-0.39, 0.29) is 18.6 Å². The first-order valence-corrected chi connectivity index (χ1v) is 4.95. The topological polar surface area (TPSA) is 61.8 Å². The first-order chi connectivity index (χ1) is 7.16. The molecule has 0 N–H and O–H groups in total. The van der Waals surface area contributed by atoms with Crippen LogP contribution in [0.5, 0.6) is 0 Å². The van der Waals surface area contributed by atoms with Gasteiger partial charge >= 0.3 is 11.9 Å². The summed E-state index contributed by atoms with van der Waals surface area (Å²) in [6.07, 6.45) is 1.07. The number of hydrogen-bond acceptors (Lipinski definition) is 5. The Bertz CT molecular complexity index is 300. The summed E-state index contributed by atoms with van der Waals surface area (Å²) in [5, 5.41) is 0. The van der Waals surface area contributed by atoms with E-state index in [1.165, 1.54) is 7.11 Å². The van der Waals surface area contributed by atoms with Gasteiger partial charge in [-0.1, -0.05) is 0 Å². The second-order valence-electron chi connectivity index (χ2n) is 3.98. The molecule has 0 aromatic rings. The Kier molecular flexibility index (Phi) is 2.42. The van der Waals surface area contributed by atoms with Gasteiger partial charge in [0, 0.05) is 13.0 Å². The molecule has 3 atom stereocenters. The van der Waals surface area contributed by atoms with E-state index in [0.717, 1.165) is 0 Å². The molecule has 0 bridgehead atoms. The number of fused-ring (bicyclic) bond motifs is 1. The van der Waals surface area contributed by atoms with E-state index >= 15 is 0 Å². The average molecular weight is 214 g/mol. The maximum Gasteiger partial charge on any atom is 0.324 e. The molecule has 0 amide bonds. The molecule has 1 heterocycles. The molecule has 0 unspecified atom stereocenters. The lowest BCUT2D eigenvalue weighted by molar-refractivity contribution is -0.164. The Hall–Kier alpha value is -1.10. The number of cyclic esters (lactones) is 1. The number of carbonyl (C=O) groups is 2. The molecule has 1 aliphatic carbocycles. The predicted molar refractivity (Wildman–Crippen MR) is 48.9 cm³/mol. The number of esters is 2. The lowest BCUT2D eigenvalue weighted by atomic mass is 9.79. The Balaban J connectivity index is 2.34. The van der Waals surface area contributed by atoms with E-state index in [0.29, 0.717) is 12.8 Å². The van der Waals surface area contributed by atoms with Crippen molar-refractivity contribution >= 4 is 11.9 Å². The molecule has 0 aromatic carbocycles. The van der Waals surface area contributed by atoms with Crippen LogP contribution in [0.2, 0.25) is 0 Å². The third-order valence-corrected chi connectivity index (χ3v) is 3.52. The van der Waals surface area contributed by atoms with Crippen molar-refractivity contribution in [1.29, 1.82) is 0 Å². The highest BCUT2D eigenvalue weighted by Crippen LogP contribution is 2.50. The number of carbonyl (C=O) groups excluding carboxylic acids is 2. The zero-order valence-corrected chi connectivity index (χ0v) is 8.82. The van der Waals surface area contributed by atoms with Crippen LogP contribution in [0.4, 0.5) is 0 Å². The lowest BCUT2D eigenvalue weighted by Gasteiger charge is -2.22. The minimum Gasteiger partial charge on any atom is -0.468 e. The van der Waals surface area contributed by atoms with Gasteiger partial charge in [0.05, 0.1) is 19.8 Å². The fraction of sp³-hybridized carbons (Fsp3) is 0.800. The van der Waals surface area contributed by atoms with Gasteiger partial charge in [0.2, 0.25) is 0 Å². The highest BCUT2D eigenvalue weighted by Gasteiger charge is 2.65. The number of ether oxygens (including phenoxy) is 3. The van der Waals surface area contributed by atoms with E-state index in [2.05, 4.69) is 0 Å². The highest BCUT2D eigenvalue weighted by molar-refractivity contribution is 6.02. The molecule has 2 fully saturated rings. The molecule has 15 heavy (non-hydrogen) atoms. The van der Waals surface area contributed by atoms with Crippen LogP contribution in [0.15, 0.2) is 0 Å². The minimum absolute atomic E-state index is 0.0875. The first kappa shape index (κ1) is 10.4. The Morgan fingerprint density at radius 1 is 1.53 bits per heavy atom. The van der Waals surface area contributed by atoms with Crippen molar-refractivity contribution in [2.75, 3.05) is 20.8 Å². The van der Waals surface area contributed by atoms with Gasteiger partial charge in [-0.2, -0.15) is 0 Å². The van der Waals surface area contributed by atoms with Gasteiger partial charge in [0.15, 0.2) is 5.41 Å². The zero-order valence-electron chi connectivity index (χ0n) is 8.82. The van der Waals surface area contributed by atoms with Crippen molar-refractivity contribution in [3.05, 3.63) is 0 Å². The van der Waals surface area contributed by atoms with Gasteiger partial charge in [0.25, 0.3) is 0 Å². The maximum absolute atomic E-state index is 11.7. The molecule has 0 aromatic heterocycles. The van der Waals surface area contributed by atoms with Crippen LogP contribution in [-0.4, -0.2) is 38.9 Å². The largest absolute Gasteiger partial charge is 0.468 e. The fourth-order valence-corrected chi connectivity index (χ4v) is 2.67. The SMILES string of the molecule is COC(=O)[C@]12CC[C@H](OC)[C@@H]1COC2=O. The van der Waals surface area contributed by atoms with Gasteiger partial charge in [-0.05, 0) is 12.8 Å². The Morgan fingerprint density at radius 2 is 2.27 bits per heavy atom. The van der Waals surface area contributed by atoms with Crippen LogP contribution < -0.4 is 0 Å². The molecule has 2 rings (SSSR count). The fourth-order valence-electron chi connectivity index (χ4n) is 2.67. The lowest BCUT2D eigenvalue weighted by Crippen LogP contribution is -2.41. The monoisotopic (exact) mass is 214 g/mol. The molecule has 84 valence electrons. The molecular formula is C10H14O5. The van der Waals surface area contributed by atoms with Crippen molar-refractivity contribution in [3.8, 4) is 0 Å². The van der Waals surface area contributed by atoms with Crippen LogP contribution in [0.1, 0.15) is 12.8 Å². The molecule has 1 aliphatic heterocycles. The molecule has 5 nitrogen and oxygen atoms in total. The van der Waals surface area contributed by atoms with Gasteiger partial charge in [-0.25, -0.2) is 0 Å². The summed E-state index contributed by atoms with van der Waals surface area (Å²) < 4.78 is 14.9. The van der Waals surface area contributed by atoms with Crippen molar-refractivity contribution in [1.82, 2.24) is 0 Å².